The van der Waals surface area contributed by atoms with Crippen molar-refractivity contribution in [1.29, 1.82) is 0 Å². The maximum atomic E-state index is 13.3. The SMILES string of the molecule is CCC(C(=O)Nc1ccc(Cl)cc1C(F)(F)F)N(c1ccc(C)cc1)S(C)(=O)=O. The van der Waals surface area contributed by atoms with Gasteiger partial charge in [0.05, 0.1) is 23.2 Å². The summed E-state index contributed by atoms with van der Waals surface area (Å²) < 4.78 is 65.6. The Labute approximate surface area is 172 Å². The molecule has 5 nitrogen and oxygen atoms in total. The molecule has 29 heavy (non-hydrogen) atoms. The second-order valence-corrected chi connectivity index (χ2v) is 8.79. The molecule has 0 aliphatic carbocycles. The van der Waals surface area contributed by atoms with Crippen LogP contribution in [0.2, 0.25) is 5.02 Å². The summed E-state index contributed by atoms with van der Waals surface area (Å²) in [4.78, 5) is 12.8. The number of rotatable bonds is 6. The average Bonchev–Trinajstić information content (AvgIpc) is 2.60. The normalized spacial score (nSPS) is 13.1. The first kappa shape index (κ1) is 23.0. The van der Waals surface area contributed by atoms with Crippen LogP contribution in [-0.4, -0.2) is 26.6 Å². The molecule has 0 bridgehead atoms. The molecule has 10 heteroatoms. The maximum absolute atomic E-state index is 13.3. The molecule has 0 aliphatic rings. The third kappa shape index (κ3) is 5.63. The minimum atomic E-state index is -4.75. The van der Waals surface area contributed by atoms with Crippen molar-refractivity contribution >= 4 is 38.9 Å². The molecular weight excluding hydrogens is 429 g/mol. The van der Waals surface area contributed by atoms with Gasteiger partial charge in [-0.2, -0.15) is 13.2 Å². The Hall–Kier alpha value is -2.26. The minimum Gasteiger partial charge on any atom is -0.324 e. The zero-order valence-electron chi connectivity index (χ0n) is 15.9. The number of aryl methyl sites for hydroxylation is 1. The Morgan fingerprint density at radius 2 is 1.76 bits per heavy atom. The summed E-state index contributed by atoms with van der Waals surface area (Å²) in [6, 6.07) is 8.13. The van der Waals surface area contributed by atoms with E-state index in [0.717, 1.165) is 22.2 Å². The topological polar surface area (TPSA) is 66.5 Å². The van der Waals surface area contributed by atoms with Crippen LogP contribution in [0.4, 0.5) is 24.5 Å². The fourth-order valence-corrected chi connectivity index (χ4v) is 4.21. The highest BCUT2D eigenvalue weighted by molar-refractivity contribution is 7.92. The molecule has 1 amide bonds. The average molecular weight is 449 g/mol. The summed E-state index contributed by atoms with van der Waals surface area (Å²) in [7, 11) is -3.90. The second-order valence-electron chi connectivity index (χ2n) is 6.50. The number of nitrogens with one attached hydrogen (secondary N) is 1. The van der Waals surface area contributed by atoms with Gasteiger partial charge in [0.2, 0.25) is 15.9 Å². The van der Waals surface area contributed by atoms with Gasteiger partial charge in [0, 0.05) is 5.02 Å². The molecule has 2 aromatic rings. The zero-order chi connectivity index (χ0) is 22.0. The monoisotopic (exact) mass is 448 g/mol. The predicted molar refractivity (Wildman–Crippen MR) is 108 cm³/mol. The number of nitrogens with zero attached hydrogens (tertiary/aromatic N) is 1. The zero-order valence-corrected chi connectivity index (χ0v) is 17.5. The van der Waals surface area contributed by atoms with Gasteiger partial charge in [-0.3, -0.25) is 9.10 Å². The van der Waals surface area contributed by atoms with Gasteiger partial charge in [-0.1, -0.05) is 36.2 Å². The highest BCUT2D eigenvalue weighted by atomic mass is 35.5. The van der Waals surface area contributed by atoms with Crippen molar-refractivity contribution in [1.82, 2.24) is 0 Å². The molecule has 0 aliphatic heterocycles. The first-order chi connectivity index (χ1) is 13.3. The molecule has 2 aromatic carbocycles. The lowest BCUT2D eigenvalue weighted by Crippen LogP contribution is -2.47. The Morgan fingerprint density at radius 3 is 2.24 bits per heavy atom. The predicted octanol–water partition coefficient (Wildman–Crippen LogP) is 4.85. The Balaban J connectivity index is 2.45. The van der Waals surface area contributed by atoms with Crippen molar-refractivity contribution in [3.05, 3.63) is 58.6 Å². The molecule has 0 heterocycles. The fraction of sp³-hybridized carbons (Fsp3) is 0.316. The molecule has 1 N–H and O–H groups in total. The number of anilines is 2. The molecule has 1 atom stereocenters. The van der Waals surface area contributed by atoms with Gasteiger partial charge in [-0.05, 0) is 43.7 Å². The van der Waals surface area contributed by atoms with Crippen molar-refractivity contribution in [3.8, 4) is 0 Å². The van der Waals surface area contributed by atoms with Gasteiger partial charge < -0.3 is 5.32 Å². The van der Waals surface area contributed by atoms with E-state index in [1.165, 1.54) is 18.2 Å². The third-order valence-electron chi connectivity index (χ3n) is 4.16. The van der Waals surface area contributed by atoms with Crippen LogP contribution in [0.5, 0.6) is 0 Å². The van der Waals surface area contributed by atoms with Crippen LogP contribution >= 0.6 is 11.6 Å². The van der Waals surface area contributed by atoms with Crippen LogP contribution in [0.25, 0.3) is 0 Å². The van der Waals surface area contributed by atoms with Gasteiger partial charge in [0.25, 0.3) is 0 Å². The summed E-state index contributed by atoms with van der Waals surface area (Å²) in [6.45, 7) is 3.39. The Bertz CT molecular complexity index is 993. The quantitative estimate of drug-likeness (QED) is 0.687. The second kappa shape index (κ2) is 8.62. The molecule has 158 valence electrons. The number of carbonyl (C=O) groups is 1. The molecule has 0 aromatic heterocycles. The molecule has 0 radical (unpaired) electrons. The standard InChI is InChI=1S/C19H20ClF3N2O3S/c1-4-17(25(29(3,27)28)14-8-5-12(2)6-9-14)18(26)24-16-10-7-13(20)11-15(16)19(21,22)23/h5-11,17H,4H2,1-3H3,(H,24,26). The van der Waals surface area contributed by atoms with E-state index in [9.17, 15) is 26.4 Å². The van der Waals surface area contributed by atoms with Crippen LogP contribution in [-0.2, 0) is 21.0 Å². The smallest absolute Gasteiger partial charge is 0.324 e. The summed E-state index contributed by atoms with van der Waals surface area (Å²) >= 11 is 5.65. The molecule has 0 saturated carbocycles. The summed E-state index contributed by atoms with van der Waals surface area (Å²) in [5, 5.41) is 2.07. The van der Waals surface area contributed by atoms with Gasteiger partial charge in [0.15, 0.2) is 0 Å². The highest BCUT2D eigenvalue weighted by Gasteiger charge is 2.36. The molecule has 0 saturated heterocycles. The fourth-order valence-electron chi connectivity index (χ4n) is 2.83. The molecule has 2 rings (SSSR count). The number of sulfonamides is 1. The van der Waals surface area contributed by atoms with Crippen molar-refractivity contribution < 1.29 is 26.4 Å². The first-order valence-corrected chi connectivity index (χ1v) is 10.8. The lowest BCUT2D eigenvalue weighted by Gasteiger charge is -2.30. The van der Waals surface area contributed by atoms with E-state index >= 15 is 0 Å². The maximum Gasteiger partial charge on any atom is 0.418 e. The lowest BCUT2D eigenvalue weighted by molar-refractivity contribution is -0.137. The summed E-state index contributed by atoms with van der Waals surface area (Å²) in [6.07, 6.45) is -3.77. The van der Waals surface area contributed by atoms with Crippen molar-refractivity contribution in [2.75, 3.05) is 15.9 Å². The van der Waals surface area contributed by atoms with Crippen molar-refractivity contribution in [2.45, 2.75) is 32.5 Å². The largest absolute Gasteiger partial charge is 0.418 e. The Kier molecular flexibility index (Phi) is 6.85. The van der Waals surface area contributed by atoms with Crippen LogP contribution in [0.3, 0.4) is 0 Å². The number of alkyl halides is 3. The van der Waals surface area contributed by atoms with Gasteiger partial charge in [-0.25, -0.2) is 8.42 Å². The van der Waals surface area contributed by atoms with E-state index in [-0.39, 0.29) is 17.1 Å². The van der Waals surface area contributed by atoms with E-state index in [0.29, 0.717) is 6.07 Å². The van der Waals surface area contributed by atoms with E-state index in [1.54, 1.807) is 19.1 Å². The number of carbonyl (C=O) groups excluding carboxylic acids is 1. The number of amides is 1. The first-order valence-electron chi connectivity index (χ1n) is 8.58. The van der Waals surface area contributed by atoms with Gasteiger partial charge in [0.1, 0.15) is 6.04 Å². The summed E-state index contributed by atoms with van der Waals surface area (Å²) in [5.41, 5.74) is -0.486. The number of halogens is 4. The van der Waals surface area contributed by atoms with Crippen LogP contribution < -0.4 is 9.62 Å². The number of benzene rings is 2. The van der Waals surface area contributed by atoms with Crippen molar-refractivity contribution in [3.63, 3.8) is 0 Å². The van der Waals surface area contributed by atoms with E-state index in [1.807, 2.05) is 6.92 Å². The van der Waals surface area contributed by atoms with Crippen molar-refractivity contribution in [2.24, 2.45) is 0 Å². The third-order valence-corrected chi connectivity index (χ3v) is 5.58. The Morgan fingerprint density at radius 1 is 1.17 bits per heavy atom. The lowest BCUT2D eigenvalue weighted by atomic mass is 10.1. The van der Waals surface area contributed by atoms with E-state index in [4.69, 9.17) is 11.6 Å². The van der Waals surface area contributed by atoms with Crippen LogP contribution in [0, 0.1) is 6.92 Å². The minimum absolute atomic E-state index is 0.0434. The number of hydrogen-bond donors (Lipinski definition) is 1. The van der Waals surface area contributed by atoms with Gasteiger partial charge >= 0.3 is 6.18 Å². The van der Waals surface area contributed by atoms with Gasteiger partial charge in [-0.15, -0.1) is 0 Å². The molecule has 0 spiro atoms. The molecule has 0 fully saturated rings. The number of hydrogen-bond acceptors (Lipinski definition) is 3. The van der Waals surface area contributed by atoms with Crippen LogP contribution in [0.1, 0.15) is 24.5 Å². The van der Waals surface area contributed by atoms with E-state index < -0.39 is 39.4 Å². The highest BCUT2D eigenvalue weighted by Crippen LogP contribution is 2.37. The van der Waals surface area contributed by atoms with Crippen LogP contribution in [0.15, 0.2) is 42.5 Å². The molecule has 1 unspecified atom stereocenters. The van der Waals surface area contributed by atoms with E-state index in [2.05, 4.69) is 5.32 Å². The summed E-state index contributed by atoms with van der Waals surface area (Å²) in [5.74, 6) is -0.883. The molecular formula is C19H20ClF3N2O3S.